The highest BCUT2D eigenvalue weighted by Gasteiger charge is 2.27. The topological polar surface area (TPSA) is 46.6 Å². The van der Waals surface area contributed by atoms with Crippen molar-refractivity contribution in [2.45, 2.75) is 25.7 Å². The van der Waals surface area contributed by atoms with Crippen LogP contribution in [0.4, 0.5) is 0 Å². The Morgan fingerprint density at radius 3 is 2.45 bits per heavy atom. The molecule has 4 nitrogen and oxygen atoms in total. The first-order valence-electron chi connectivity index (χ1n) is 7.10. The number of ether oxygens (including phenoxy) is 1. The lowest BCUT2D eigenvalue weighted by Gasteiger charge is -2.30. The van der Waals surface area contributed by atoms with Crippen LogP contribution >= 0.6 is 0 Å². The van der Waals surface area contributed by atoms with Crippen LogP contribution in [-0.4, -0.2) is 37.0 Å². The number of hydrogen-bond acceptors (Lipinski definition) is 3. The molecule has 1 aromatic rings. The number of esters is 1. The van der Waals surface area contributed by atoms with E-state index in [0.29, 0.717) is 32.4 Å². The fourth-order valence-corrected chi connectivity index (χ4v) is 2.59. The summed E-state index contributed by atoms with van der Waals surface area (Å²) in [5.41, 5.74) is 1.19. The third-order valence-corrected chi connectivity index (χ3v) is 3.85. The van der Waals surface area contributed by atoms with Gasteiger partial charge < -0.3 is 9.64 Å². The third kappa shape index (κ3) is 3.83. The van der Waals surface area contributed by atoms with Crippen molar-refractivity contribution < 1.29 is 14.3 Å². The van der Waals surface area contributed by atoms with Gasteiger partial charge in [0, 0.05) is 19.5 Å². The number of methoxy groups -OCH3 is 1. The normalized spacial score (nSPS) is 15.9. The molecule has 0 radical (unpaired) electrons. The number of benzene rings is 1. The van der Waals surface area contributed by atoms with Crippen LogP contribution in [0.15, 0.2) is 30.3 Å². The number of aryl methyl sites for hydroxylation is 1. The van der Waals surface area contributed by atoms with Crippen molar-refractivity contribution in [1.29, 1.82) is 0 Å². The van der Waals surface area contributed by atoms with Crippen LogP contribution in [0.3, 0.4) is 0 Å². The summed E-state index contributed by atoms with van der Waals surface area (Å²) in [6, 6.07) is 10.0. The molecule has 0 aromatic heterocycles. The summed E-state index contributed by atoms with van der Waals surface area (Å²) in [4.78, 5) is 25.4. The van der Waals surface area contributed by atoms with E-state index in [1.165, 1.54) is 12.7 Å². The van der Waals surface area contributed by atoms with Crippen LogP contribution in [0.1, 0.15) is 24.8 Å². The molecule has 0 atom stereocenters. The monoisotopic (exact) mass is 275 g/mol. The number of carbonyl (C=O) groups is 2. The molecular formula is C16H21NO3. The van der Waals surface area contributed by atoms with Crippen molar-refractivity contribution in [3.8, 4) is 0 Å². The van der Waals surface area contributed by atoms with Gasteiger partial charge in [-0.2, -0.15) is 0 Å². The Bertz CT molecular complexity index is 450. The second-order valence-corrected chi connectivity index (χ2v) is 5.16. The van der Waals surface area contributed by atoms with Crippen molar-refractivity contribution in [2.24, 2.45) is 5.92 Å². The molecule has 4 heteroatoms. The molecule has 0 saturated carbocycles. The highest BCUT2D eigenvalue weighted by atomic mass is 16.5. The molecule has 1 aliphatic heterocycles. The molecule has 108 valence electrons. The number of amides is 1. The molecule has 0 N–H and O–H groups in total. The highest BCUT2D eigenvalue weighted by molar-refractivity contribution is 5.77. The van der Waals surface area contributed by atoms with E-state index >= 15 is 0 Å². The van der Waals surface area contributed by atoms with E-state index in [-0.39, 0.29) is 17.8 Å². The zero-order valence-corrected chi connectivity index (χ0v) is 11.9. The van der Waals surface area contributed by atoms with E-state index in [2.05, 4.69) is 0 Å². The van der Waals surface area contributed by atoms with Gasteiger partial charge in [-0.3, -0.25) is 9.59 Å². The predicted molar refractivity (Wildman–Crippen MR) is 76.1 cm³/mol. The Hall–Kier alpha value is -1.84. The number of rotatable bonds is 4. The van der Waals surface area contributed by atoms with Gasteiger partial charge >= 0.3 is 5.97 Å². The average Bonchev–Trinajstić information content (AvgIpc) is 2.53. The fraction of sp³-hybridized carbons (Fsp3) is 0.500. The Labute approximate surface area is 119 Å². The van der Waals surface area contributed by atoms with Gasteiger partial charge in [-0.15, -0.1) is 0 Å². The van der Waals surface area contributed by atoms with Crippen LogP contribution < -0.4 is 0 Å². The number of hydrogen-bond donors (Lipinski definition) is 0. The Kier molecular flexibility index (Phi) is 5.16. The molecule has 1 saturated heterocycles. The summed E-state index contributed by atoms with van der Waals surface area (Å²) in [6.45, 7) is 1.32. The van der Waals surface area contributed by atoms with Crippen LogP contribution in [0, 0.1) is 5.92 Å². The van der Waals surface area contributed by atoms with Crippen LogP contribution in [-0.2, 0) is 20.7 Å². The smallest absolute Gasteiger partial charge is 0.308 e. The van der Waals surface area contributed by atoms with Crippen LogP contribution in [0.2, 0.25) is 0 Å². The standard InChI is InChI=1S/C16H21NO3/c1-20-16(19)14-9-11-17(12-10-14)15(18)8-7-13-5-3-2-4-6-13/h2-6,14H,7-12H2,1H3. The first-order chi connectivity index (χ1) is 9.70. The lowest BCUT2D eigenvalue weighted by molar-refractivity contribution is -0.148. The van der Waals surface area contributed by atoms with Crippen molar-refractivity contribution in [1.82, 2.24) is 4.90 Å². The molecule has 1 aliphatic rings. The molecule has 1 aromatic carbocycles. The van der Waals surface area contributed by atoms with Crippen molar-refractivity contribution in [2.75, 3.05) is 20.2 Å². The van der Waals surface area contributed by atoms with Crippen LogP contribution in [0.5, 0.6) is 0 Å². The summed E-state index contributed by atoms with van der Waals surface area (Å²) in [5, 5.41) is 0. The molecule has 1 amide bonds. The minimum atomic E-state index is -0.151. The largest absolute Gasteiger partial charge is 0.469 e. The molecule has 1 fully saturated rings. The van der Waals surface area contributed by atoms with Gasteiger partial charge in [0.25, 0.3) is 0 Å². The van der Waals surface area contributed by atoms with Gasteiger partial charge in [-0.05, 0) is 24.8 Å². The van der Waals surface area contributed by atoms with E-state index in [0.717, 1.165) is 6.42 Å². The van der Waals surface area contributed by atoms with Gasteiger partial charge in [0.1, 0.15) is 0 Å². The second kappa shape index (κ2) is 7.08. The highest BCUT2D eigenvalue weighted by Crippen LogP contribution is 2.19. The minimum absolute atomic E-state index is 0.0434. The van der Waals surface area contributed by atoms with E-state index < -0.39 is 0 Å². The van der Waals surface area contributed by atoms with Gasteiger partial charge in [0.15, 0.2) is 0 Å². The summed E-state index contributed by atoms with van der Waals surface area (Å²) >= 11 is 0. The first kappa shape index (κ1) is 14.6. The summed E-state index contributed by atoms with van der Waals surface area (Å²) in [5.74, 6) is -0.0169. The molecular weight excluding hydrogens is 254 g/mol. The summed E-state index contributed by atoms with van der Waals surface area (Å²) < 4.78 is 4.75. The molecule has 0 aliphatic carbocycles. The van der Waals surface area contributed by atoms with Gasteiger partial charge in [-0.25, -0.2) is 0 Å². The quantitative estimate of drug-likeness (QED) is 0.790. The number of nitrogens with zero attached hydrogens (tertiary/aromatic N) is 1. The first-order valence-corrected chi connectivity index (χ1v) is 7.10. The maximum Gasteiger partial charge on any atom is 0.308 e. The number of piperidine rings is 1. The number of likely N-dealkylation sites (tertiary alicyclic amines) is 1. The zero-order chi connectivity index (χ0) is 14.4. The average molecular weight is 275 g/mol. The molecule has 0 unspecified atom stereocenters. The lowest BCUT2D eigenvalue weighted by atomic mass is 9.96. The summed E-state index contributed by atoms with van der Waals surface area (Å²) in [7, 11) is 1.42. The Balaban J connectivity index is 1.76. The zero-order valence-electron chi connectivity index (χ0n) is 11.9. The fourth-order valence-electron chi connectivity index (χ4n) is 2.59. The van der Waals surface area contributed by atoms with Crippen LogP contribution in [0.25, 0.3) is 0 Å². The maximum absolute atomic E-state index is 12.1. The van der Waals surface area contributed by atoms with Crippen molar-refractivity contribution in [3.05, 3.63) is 35.9 Å². The SMILES string of the molecule is COC(=O)C1CCN(C(=O)CCc2ccccc2)CC1. The maximum atomic E-state index is 12.1. The van der Waals surface area contributed by atoms with Gasteiger partial charge in [0.2, 0.25) is 5.91 Å². The summed E-state index contributed by atoms with van der Waals surface area (Å²) in [6.07, 6.45) is 2.73. The van der Waals surface area contributed by atoms with E-state index in [1.807, 2.05) is 35.2 Å². The lowest BCUT2D eigenvalue weighted by Crippen LogP contribution is -2.40. The molecule has 2 rings (SSSR count). The van der Waals surface area contributed by atoms with Gasteiger partial charge in [-0.1, -0.05) is 30.3 Å². The second-order valence-electron chi connectivity index (χ2n) is 5.16. The van der Waals surface area contributed by atoms with Gasteiger partial charge in [0.05, 0.1) is 13.0 Å². The molecule has 1 heterocycles. The van der Waals surface area contributed by atoms with Crippen molar-refractivity contribution >= 4 is 11.9 Å². The van der Waals surface area contributed by atoms with Crippen molar-refractivity contribution in [3.63, 3.8) is 0 Å². The molecule has 0 spiro atoms. The molecule has 20 heavy (non-hydrogen) atoms. The minimum Gasteiger partial charge on any atom is -0.469 e. The van der Waals surface area contributed by atoms with E-state index in [9.17, 15) is 9.59 Å². The predicted octanol–water partition coefficient (Wildman–Crippen LogP) is 2.03. The Morgan fingerprint density at radius 2 is 1.85 bits per heavy atom. The number of carbonyl (C=O) groups excluding carboxylic acids is 2. The van der Waals surface area contributed by atoms with E-state index in [4.69, 9.17) is 4.74 Å². The Morgan fingerprint density at radius 1 is 1.20 bits per heavy atom. The third-order valence-electron chi connectivity index (χ3n) is 3.85. The van der Waals surface area contributed by atoms with E-state index in [1.54, 1.807) is 0 Å². The molecule has 0 bridgehead atoms.